The molecule has 16 heavy (non-hydrogen) atoms. The number of hydrogen-bond donors (Lipinski definition) is 0. The number of alkyl halides is 1. The van der Waals surface area contributed by atoms with Crippen LogP contribution < -0.4 is 0 Å². The Kier molecular flexibility index (Phi) is 7.02. The molecule has 1 heterocycles. The lowest BCUT2D eigenvalue weighted by molar-refractivity contribution is 0.0954. The van der Waals surface area contributed by atoms with Gasteiger partial charge in [-0.3, -0.25) is 0 Å². The molecular formula is C14H28FN. The zero-order valence-electron chi connectivity index (χ0n) is 11.1. The summed E-state index contributed by atoms with van der Waals surface area (Å²) in [6.45, 7) is 3.98. The Morgan fingerprint density at radius 1 is 1.12 bits per heavy atom. The molecule has 0 saturated carbocycles. The van der Waals surface area contributed by atoms with Gasteiger partial charge in [0, 0.05) is 6.54 Å². The van der Waals surface area contributed by atoms with E-state index in [9.17, 15) is 4.39 Å². The second kappa shape index (κ2) is 8.05. The van der Waals surface area contributed by atoms with E-state index in [4.69, 9.17) is 0 Å². The maximum atomic E-state index is 13.7. The lowest BCUT2D eigenvalue weighted by Gasteiger charge is -2.32. The second-order valence-corrected chi connectivity index (χ2v) is 5.38. The highest BCUT2D eigenvalue weighted by atomic mass is 19.1. The van der Waals surface area contributed by atoms with Crippen LogP contribution >= 0.6 is 0 Å². The fourth-order valence-corrected chi connectivity index (χ4v) is 2.62. The molecule has 1 aliphatic heterocycles. The summed E-state index contributed by atoms with van der Waals surface area (Å²) in [6, 6.07) is 0. The van der Waals surface area contributed by atoms with Gasteiger partial charge in [-0.2, -0.15) is 0 Å². The Bertz CT molecular complexity index is 172. The van der Waals surface area contributed by atoms with Crippen molar-refractivity contribution in [3.63, 3.8) is 0 Å². The first kappa shape index (κ1) is 14.0. The molecule has 0 aromatic heterocycles. The number of rotatable bonds is 7. The van der Waals surface area contributed by atoms with Crippen LogP contribution in [0.1, 0.15) is 58.3 Å². The van der Waals surface area contributed by atoms with E-state index in [-0.39, 0.29) is 0 Å². The molecule has 2 heteroatoms. The minimum Gasteiger partial charge on any atom is -0.303 e. The molecule has 0 bridgehead atoms. The zero-order chi connectivity index (χ0) is 11.8. The first-order valence-corrected chi connectivity index (χ1v) is 7.06. The van der Waals surface area contributed by atoms with Crippen LogP contribution in [0.2, 0.25) is 0 Å². The molecule has 1 rings (SSSR count). The fraction of sp³-hybridized carbons (Fsp3) is 1.00. The molecular weight excluding hydrogens is 201 g/mol. The van der Waals surface area contributed by atoms with Gasteiger partial charge in [-0.1, -0.05) is 45.4 Å². The monoisotopic (exact) mass is 229 g/mol. The van der Waals surface area contributed by atoms with E-state index in [1.54, 1.807) is 0 Å². The van der Waals surface area contributed by atoms with Gasteiger partial charge in [0.05, 0.1) is 0 Å². The van der Waals surface area contributed by atoms with E-state index in [1.807, 2.05) is 7.05 Å². The summed E-state index contributed by atoms with van der Waals surface area (Å²) < 4.78 is 13.7. The van der Waals surface area contributed by atoms with E-state index >= 15 is 0 Å². The van der Waals surface area contributed by atoms with Crippen molar-refractivity contribution < 1.29 is 4.39 Å². The minimum absolute atomic E-state index is 0.349. The van der Waals surface area contributed by atoms with Crippen molar-refractivity contribution in [2.75, 3.05) is 20.1 Å². The van der Waals surface area contributed by atoms with Gasteiger partial charge in [-0.25, -0.2) is 4.39 Å². The summed E-state index contributed by atoms with van der Waals surface area (Å²) in [6.07, 6.45) is 9.52. The summed E-state index contributed by atoms with van der Waals surface area (Å²) in [5.41, 5.74) is 0. The number of nitrogens with zero attached hydrogens (tertiary/aromatic N) is 1. The summed E-state index contributed by atoms with van der Waals surface area (Å²) in [4.78, 5) is 2.11. The largest absolute Gasteiger partial charge is 0.303 e. The first-order valence-electron chi connectivity index (χ1n) is 7.06. The van der Waals surface area contributed by atoms with Crippen molar-refractivity contribution in [3.8, 4) is 0 Å². The summed E-state index contributed by atoms with van der Waals surface area (Å²) >= 11 is 0. The van der Waals surface area contributed by atoms with Crippen molar-refractivity contribution in [3.05, 3.63) is 0 Å². The predicted molar refractivity (Wildman–Crippen MR) is 68.5 cm³/mol. The SMILES string of the molecule is CCCCCCCC[C@H]1CCN(C)C[C@H]1F. The molecule has 0 aliphatic carbocycles. The van der Waals surface area contributed by atoms with Crippen LogP contribution in [0.3, 0.4) is 0 Å². The summed E-state index contributed by atoms with van der Waals surface area (Å²) in [7, 11) is 2.02. The molecule has 0 N–H and O–H groups in total. The van der Waals surface area contributed by atoms with Gasteiger partial charge in [0.25, 0.3) is 0 Å². The van der Waals surface area contributed by atoms with Gasteiger partial charge < -0.3 is 4.90 Å². The van der Waals surface area contributed by atoms with Crippen LogP contribution in [-0.2, 0) is 0 Å². The van der Waals surface area contributed by atoms with E-state index in [2.05, 4.69) is 11.8 Å². The average Bonchev–Trinajstić information content (AvgIpc) is 2.26. The maximum absolute atomic E-state index is 13.7. The molecule has 1 saturated heterocycles. The van der Waals surface area contributed by atoms with Crippen LogP contribution in [0.25, 0.3) is 0 Å². The molecule has 96 valence electrons. The highest BCUT2D eigenvalue weighted by Crippen LogP contribution is 2.25. The Labute approximate surface area is 100 Å². The Morgan fingerprint density at radius 3 is 2.50 bits per heavy atom. The lowest BCUT2D eigenvalue weighted by Crippen LogP contribution is -2.39. The number of piperidine rings is 1. The van der Waals surface area contributed by atoms with Crippen molar-refractivity contribution in [1.82, 2.24) is 4.90 Å². The zero-order valence-corrected chi connectivity index (χ0v) is 11.1. The predicted octanol–water partition coefficient (Wildman–Crippen LogP) is 4.03. The molecule has 0 amide bonds. The van der Waals surface area contributed by atoms with E-state index in [0.29, 0.717) is 12.5 Å². The highest BCUT2D eigenvalue weighted by molar-refractivity contribution is 4.78. The Hall–Kier alpha value is -0.110. The van der Waals surface area contributed by atoms with Crippen molar-refractivity contribution in [2.45, 2.75) is 64.5 Å². The minimum atomic E-state index is -0.575. The number of likely N-dealkylation sites (tertiary alicyclic amines) is 1. The molecule has 0 radical (unpaired) electrons. The standard InChI is InChI=1S/C14H28FN/c1-3-4-5-6-7-8-9-13-10-11-16(2)12-14(13)15/h13-14H,3-12H2,1-2H3/t13-,14+/m0/s1. The molecule has 1 aliphatic rings. The summed E-state index contributed by atoms with van der Waals surface area (Å²) in [5.74, 6) is 0.349. The number of halogens is 1. The third kappa shape index (κ3) is 5.29. The van der Waals surface area contributed by atoms with Gasteiger partial charge >= 0.3 is 0 Å². The highest BCUT2D eigenvalue weighted by Gasteiger charge is 2.26. The van der Waals surface area contributed by atoms with Crippen molar-refractivity contribution in [2.24, 2.45) is 5.92 Å². The maximum Gasteiger partial charge on any atom is 0.116 e. The van der Waals surface area contributed by atoms with Crippen LogP contribution in [0.4, 0.5) is 4.39 Å². The third-order valence-corrected chi connectivity index (χ3v) is 3.81. The van der Waals surface area contributed by atoms with E-state index in [1.165, 1.54) is 38.5 Å². The van der Waals surface area contributed by atoms with Crippen molar-refractivity contribution >= 4 is 0 Å². The average molecular weight is 229 g/mol. The fourth-order valence-electron chi connectivity index (χ4n) is 2.62. The van der Waals surface area contributed by atoms with Crippen molar-refractivity contribution in [1.29, 1.82) is 0 Å². The van der Waals surface area contributed by atoms with E-state index in [0.717, 1.165) is 19.4 Å². The number of hydrogen-bond acceptors (Lipinski definition) is 1. The van der Waals surface area contributed by atoms with Crippen LogP contribution in [-0.4, -0.2) is 31.2 Å². The van der Waals surface area contributed by atoms with Crippen LogP contribution in [0.15, 0.2) is 0 Å². The molecule has 1 nitrogen and oxygen atoms in total. The number of unbranched alkanes of at least 4 members (excludes halogenated alkanes) is 5. The molecule has 1 fully saturated rings. The second-order valence-electron chi connectivity index (χ2n) is 5.38. The molecule has 0 unspecified atom stereocenters. The van der Waals surface area contributed by atoms with E-state index < -0.39 is 6.17 Å². The van der Waals surface area contributed by atoms with Gasteiger partial charge in [0.1, 0.15) is 6.17 Å². The van der Waals surface area contributed by atoms with Gasteiger partial charge in [0.15, 0.2) is 0 Å². The third-order valence-electron chi connectivity index (χ3n) is 3.81. The smallest absolute Gasteiger partial charge is 0.116 e. The van der Waals surface area contributed by atoms with Gasteiger partial charge in [-0.05, 0) is 32.4 Å². The van der Waals surface area contributed by atoms with Gasteiger partial charge in [-0.15, -0.1) is 0 Å². The van der Waals surface area contributed by atoms with Gasteiger partial charge in [0.2, 0.25) is 0 Å². The molecule has 2 atom stereocenters. The quantitative estimate of drug-likeness (QED) is 0.596. The topological polar surface area (TPSA) is 3.24 Å². The van der Waals surface area contributed by atoms with Crippen LogP contribution in [0, 0.1) is 5.92 Å². The Balaban J connectivity index is 2.00. The van der Waals surface area contributed by atoms with Crippen LogP contribution in [0.5, 0.6) is 0 Å². The first-order chi connectivity index (χ1) is 7.74. The Morgan fingerprint density at radius 2 is 1.81 bits per heavy atom. The molecule has 0 aromatic carbocycles. The molecule has 0 aromatic rings. The normalized spacial score (nSPS) is 27.2. The molecule has 0 spiro atoms. The summed E-state index contributed by atoms with van der Waals surface area (Å²) in [5, 5.41) is 0. The lowest BCUT2D eigenvalue weighted by atomic mass is 9.90.